The van der Waals surface area contributed by atoms with Gasteiger partial charge in [0.15, 0.2) is 0 Å². The zero-order chi connectivity index (χ0) is 23.1. The molecule has 2 fully saturated rings. The number of rotatable bonds is 4. The van der Waals surface area contributed by atoms with Crippen LogP contribution in [0.25, 0.3) is 22.3 Å². The number of benzene rings is 2. The Balaban J connectivity index is 1.52. The lowest BCUT2D eigenvalue weighted by atomic mass is 9.95. The van der Waals surface area contributed by atoms with Crippen LogP contribution >= 0.6 is 11.6 Å². The summed E-state index contributed by atoms with van der Waals surface area (Å²) in [6.07, 6.45) is 4.17. The monoisotopic (exact) mass is 462 g/mol. The van der Waals surface area contributed by atoms with Crippen molar-refractivity contribution in [3.8, 4) is 28.0 Å². The van der Waals surface area contributed by atoms with Crippen LogP contribution in [0.15, 0.2) is 48.7 Å². The van der Waals surface area contributed by atoms with Gasteiger partial charge in [0.25, 0.3) is 0 Å². The van der Waals surface area contributed by atoms with Crippen molar-refractivity contribution in [2.24, 2.45) is 0 Å². The van der Waals surface area contributed by atoms with Crippen LogP contribution in [0.3, 0.4) is 0 Å². The largest absolute Gasteiger partial charge is 0.507 e. The van der Waals surface area contributed by atoms with E-state index in [4.69, 9.17) is 11.6 Å². The minimum absolute atomic E-state index is 0.0585. The van der Waals surface area contributed by atoms with Crippen molar-refractivity contribution in [3.63, 3.8) is 0 Å². The van der Waals surface area contributed by atoms with E-state index < -0.39 is 0 Å². The average molecular weight is 463 g/mol. The van der Waals surface area contributed by atoms with E-state index in [1.165, 1.54) is 12.8 Å². The number of carbonyl (C=O) groups is 1. The summed E-state index contributed by atoms with van der Waals surface area (Å²) in [5, 5.41) is 11.8. The number of urea groups is 1. The maximum absolute atomic E-state index is 12.4. The molecule has 1 N–H and O–H groups in total. The van der Waals surface area contributed by atoms with Crippen LogP contribution in [0.4, 0.5) is 16.3 Å². The number of aromatic hydroxyl groups is 1. The first-order valence-electron chi connectivity index (χ1n) is 11.3. The van der Waals surface area contributed by atoms with Gasteiger partial charge in [-0.25, -0.2) is 9.78 Å². The van der Waals surface area contributed by atoms with Gasteiger partial charge in [0.2, 0.25) is 0 Å². The van der Waals surface area contributed by atoms with Crippen molar-refractivity contribution >= 4 is 29.1 Å². The third-order valence-corrected chi connectivity index (χ3v) is 6.81. The Hall–Kier alpha value is -3.25. The van der Waals surface area contributed by atoms with Crippen molar-refractivity contribution in [2.45, 2.75) is 19.8 Å². The zero-order valence-corrected chi connectivity index (χ0v) is 19.6. The van der Waals surface area contributed by atoms with Gasteiger partial charge >= 0.3 is 6.03 Å². The maximum atomic E-state index is 12.4. The Kier molecular flexibility index (Phi) is 5.62. The molecule has 6 nitrogen and oxygen atoms in total. The van der Waals surface area contributed by atoms with Crippen LogP contribution in [0.2, 0.25) is 5.02 Å². The molecule has 33 heavy (non-hydrogen) atoms. The van der Waals surface area contributed by atoms with Gasteiger partial charge in [-0.05, 0) is 72.9 Å². The predicted molar refractivity (Wildman–Crippen MR) is 133 cm³/mol. The van der Waals surface area contributed by atoms with E-state index in [0.29, 0.717) is 29.4 Å². The first kappa shape index (κ1) is 21.6. The molecule has 2 aliphatic heterocycles. The van der Waals surface area contributed by atoms with Gasteiger partial charge in [-0.2, -0.15) is 0 Å². The Labute approximate surface area is 199 Å². The Bertz CT molecular complexity index is 1220. The second-order valence-electron chi connectivity index (χ2n) is 8.83. The molecule has 0 spiro atoms. The molecule has 2 saturated heterocycles. The molecule has 3 heterocycles. The van der Waals surface area contributed by atoms with Crippen molar-refractivity contribution in [1.29, 1.82) is 0 Å². The molecule has 0 bridgehead atoms. The summed E-state index contributed by atoms with van der Waals surface area (Å²) in [6, 6.07) is 13.5. The standard InChI is InChI=1S/C26H27ClN4O2/c1-17-13-20(18-5-6-23(22(27)15-18)31-12-11-29(2)26(31)33)25(32)21(14-17)19-7-8-28-24(16-19)30-9-3-4-10-30/h5-8,13-16,32H,3-4,9-12H2,1-2H3. The number of pyridine rings is 1. The first-order chi connectivity index (χ1) is 15.9. The lowest BCUT2D eigenvalue weighted by molar-refractivity contribution is 0.229. The third kappa shape index (κ3) is 4.00. The summed E-state index contributed by atoms with van der Waals surface area (Å²) in [7, 11) is 1.78. The van der Waals surface area contributed by atoms with E-state index in [0.717, 1.165) is 41.2 Å². The molecule has 7 heteroatoms. The Morgan fingerprint density at radius 1 is 0.939 bits per heavy atom. The number of phenols is 1. The summed E-state index contributed by atoms with van der Waals surface area (Å²) >= 11 is 6.61. The molecule has 0 radical (unpaired) electrons. The summed E-state index contributed by atoms with van der Waals surface area (Å²) in [5.41, 5.74) is 4.94. The van der Waals surface area contributed by atoms with E-state index in [-0.39, 0.29) is 11.8 Å². The molecule has 0 saturated carbocycles. The topological polar surface area (TPSA) is 59.9 Å². The minimum atomic E-state index is -0.0585. The summed E-state index contributed by atoms with van der Waals surface area (Å²) in [5.74, 6) is 1.15. The van der Waals surface area contributed by atoms with E-state index in [1.807, 2.05) is 43.3 Å². The summed E-state index contributed by atoms with van der Waals surface area (Å²) < 4.78 is 0. The van der Waals surface area contributed by atoms with E-state index in [1.54, 1.807) is 23.0 Å². The number of amides is 2. The molecular weight excluding hydrogens is 436 g/mol. The van der Waals surface area contributed by atoms with Gasteiger partial charge in [-0.3, -0.25) is 4.90 Å². The van der Waals surface area contributed by atoms with E-state index in [2.05, 4.69) is 16.0 Å². The van der Waals surface area contributed by atoms with Crippen molar-refractivity contribution in [3.05, 3.63) is 59.2 Å². The number of hydrogen-bond donors (Lipinski definition) is 1. The molecule has 3 aromatic rings. The van der Waals surface area contributed by atoms with Crippen molar-refractivity contribution < 1.29 is 9.90 Å². The van der Waals surface area contributed by atoms with Gasteiger partial charge in [0.05, 0.1) is 10.7 Å². The molecule has 1 aromatic heterocycles. The SMILES string of the molecule is Cc1cc(-c2ccnc(N3CCCC3)c2)c(O)c(-c2ccc(N3CCN(C)C3=O)c(Cl)c2)c1. The second kappa shape index (κ2) is 8.60. The molecule has 0 aliphatic carbocycles. The van der Waals surface area contributed by atoms with Crippen molar-refractivity contribution in [1.82, 2.24) is 9.88 Å². The van der Waals surface area contributed by atoms with Gasteiger partial charge in [-0.1, -0.05) is 17.7 Å². The van der Waals surface area contributed by atoms with Crippen LogP contribution < -0.4 is 9.80 Å². The fourth-order valence-electron chi connectivity index (χ4n) is 4.69. The maximum Gasteiger partial charge on any atom is 0.324 e. The molecule has 0 atom stereocenters. The van der Waals surface area contributed by atoms with Crippen LogP contribution in [0, 0.1) is 6.92 Å². The lowest BCUT2D eigenvalue weighted by Crippen LogP contribution is -2.29. The summed E-state index contributed by atoms with van der Waals surface area (Å²) in [4.78, 5) is 22.6. The van der Waals surface area contributed by atoms with Crippen LogP contribution in [-0.4, -0.2) is 54.2 Å². The van der Waals surface area contributed by atoms with Crippen molar-refractivity contribution in [2.75, 3.05) is 43.0 Å². The number of carbonyl (C=O) groups excluding carboxylic acids is 1. The molecule has 2 aliphatic rings. The van der Waals surface area contributed by atoms with Crippen LogP contribution in [-0.2, 0) is 0 Å². The van der Waals surface area contributed by atoms with E-state index in [9.17, 15) is 9.90 Å². The highest BCUT2D eigenvalue weighted by molar-refractivity contribution is 6.34. The smallest absolute Gasteiger partial charge is 0.324 e. The third-order valence-electron chi connectivity index (χ3n) is 6.51. The number of aromatic nitrogens is 1. The minimum Gasteiger partial charge on any atom is -0.507 e. The first-order valence-corrected chi connectivity index (χ1v) is 11.7. The molecule has 170 valence electrons. The number of anilines is 2. The number of nitrogens with zero attached hydrogens (tertiary/aromatic N) is 4. The number of halogens is 1. The molecule has 5 rings (SSSR count). The van der Waals surface area contributed by atoms with Gasteiger partial charge < -0.3 is 14.9 Å². The molecule has 0 unspecified atom stereocenters. The van der Waals surface area contributed by atoms with Gasteiger partial charge in [0, 0.05) is 50.6 Å². The fourth-order valence-corrected chi connectivity index (χ4v) is 4.97. The molecule has 2 aromatic carbocycles. The van der Waals surface area contributed by atoms with Crippen LogP contribution in [0.1, 0.15) is 18.4 Å². The quantitative estimate of drug-likeness (QED) is 0.551. The van der Waals surface area contributed by atoms with Gasteiger partial charge in [0.1, 0.15) is 11.6 Å². The fraction of sp³-hybridized carbons (Fsp3) is 0.308. The number of phenolic OH excluding ortho intramolecular Hbond substituents is 1. The average Bonchev–Trinajstić information content (AvgIpc) is 3.46. The predicted octanol–water partition coefficient (Wildman–Crippen LogP) is 5.56. The molecule has 2 amide bonds. The summed E-state index contributed by atoms with van der Waals surface area (Å²) in [6.45, 7) is 5.33. The highest BCUT2D eigenvalue weighted by atomic mass is 35.5. The Morgan fingerprint density at radius 3 is 2.27 bits per heavy atom. The highest BCUT2D eigenvalue weighted by Gasteiger charge is 2.28. The zero-order valence-electron chi connectivity index (χ0n) is 18.9. The van der Waals surface area contributed by atoms with Gasteiger partial charge in [-0.15, -0.1) is 0 Å². The Morgan fingerprint density at radius 2 is 1.64 bits per heavy atom. The number of likely N-dealkylation sites (N-methyl/N-ethyl adjacent to an activating group) is 1. The van der Waals surface area contributed by atoms with E-state index >= 15 is 0 Å². The highest BCUT2D eigenvalue weighted by Crippen LogP contribution is 2.42. The second-order valence-corrected chi connectivity index (χ2v) is 9.23. The number of hydrogen-bond acceptors (Lipinski definition) is 4. The normalized spacial score (nSPS) is 16.2. The number of aryl methyl sites for hydroxylation is 1. The van der Waals surface area contributed by atoms with Crippen LogP contribution in [0.5, 0.6) is 5.75 Å². The lowest BCUT2D eigenvalue weighted by Gasteiger charge is -2.19. The molecular formula is C26H27ClN4O2.